The summed E-state index contributed by atoms with van der Waals surface area (Å²) in [6, 6.07) is 8.29. The van der Waals surface area contributed by atoms with E-state index in [9.17, 15) is 4.39 Å². The Morgan fingerprint density at radius 3 is 2.50 bits per heavy atom. The van der Waals surface area contributed by atoms with Crippen molar-refractivity contribution in [2.24, 2.45) is 5.92 Å². The molecule has 3 atom stereocenters. The Balaban J connectivity index is 1.96. The fraction of sp³-hybridized carbons (Fsp3) is 0.647. The predicted octanol–water partition coefficient (Wildman–Crippen LogP) is 3.64. The van der Waals surface area contributed by atoms with Gasteiger partial charge in [-0.25, -0.2) is 4.39 Å². The molecule has 0 amide bonds. The molecular formula is C17H27FN2. The molecular weight excluding hydrogens is 251 g/mol. The van der Waals surface area contributed by atoms with Crippen LogP contribution in [0.1, 0.15) is 51.6 Å². The van der Waals surface area contributed by atoms with Gasteiger partial charge in [-0.3, -0.25) is 0 Å². The number of rotatable bonds is 6. The molecule has 20 heavy (non-hydrogen) atoms. The molecule has 0 aromatic heterocycles. The van der Waals surface area contributed by atoms with E-state index in [1.807, 2.05) is 12.1 Å². The van der Waals surface area contributed by atoms with Crippen LogP contribution in [-0.2, 0) is 0 Å². The van der Waals surface area contributed by atoms with Crippen molar-refractivity contribution in [3.63, 3.8) is 0 Å². The molecule has 0 radical (unpaired) electrons. The Morgan fingerprint density at radius 2 is 1.95 bits per heavy atom. The molecule has 2 nitrogen and oxygen atoms in total. The molecule has 3 heteroatoms. The van der Waals surface area contributed by atoms with Crippen molar-refractivity contribution in [2.45, 2.75) is 58.2 Å². The van der Waals surface area contributed by atoms with Gasteiger partial charge in [-0.1, -0.05) is 26.0 Å². The second-order valence-corrected chi connectivity index (χ2v) is 6.37. The summed E-state index contributed by atoms with van der Waals surface area (Å²) < 4.78 is 13.1. The maximum absolute atomic E-state index is 13.1. The molecule has 0 bridgehead atoms. The van der Waals surface area contributed by atoms with E-state index in [-0.39, 0.29) is 11.9 Å². The average molecular weight is 278 g/mol. The number of hydrogen-bond donors (Lipinski definition) is 2. The molecule has 1 heterocycles. The van der Waals surface area contributed by atoms with Crippen molar-refractivity contribution in [1.29, 1.82) is 0 Å². The number of nitrogens with one attached hydrogen (secondary N) is 2. The van der Waals surface area contributed by atoms with Crippen LogP contribution in [0, 0.1) is 11.7 Å². The summed E-state index contributed by atoms with van der Waals surface area (Å²) >= 11 is 0. The molecule has 0 spiro atoms. The standard InChI is InChI=1S/C17H27FN2/c1-12(2)17(14-6-8-15(18)9-7-14)20-13(3)11-16-5-4-10-19-16/h6-9,12-13,16-17,19-20H,4-5,10-11H2,1-3H3. The number of hydrogen-bond acceptors (Lipinski definition) is 2. The molecule has 1 saturated heterocycles. The van der Waals surface area contributed by atoms with Gasteiger partial charge in [-0.2, -0.15) is 0 Å². The van der Waals surface area contributed by atoms with Gasteiger partial charge in [0, 0.05) is 18.1 Å². The minimum absolute atomic E-state index is 0.167. The summed E-state index contributed by atoms with van der Waals surface area (Å²) in [5.74, 6) is 0.318. The van der Waals surface area contributed by atoms with Gasteiger partial charge < -0.3 is 10.6 Å². The Morgan fingerprint density at radius 1 is 1.25 bits per heavy atom. The van der Waals surface area contributed by atoms with Crippen molar-refractivity contribution >= 4 is 0 Å². The molecule has 2 rings (SSSR count). The van der Waals surface area contributed by atoms with Crippen LogP contribution in [0.3, 0.4) is 0 Å². The van der Waals surface area contributed by atoms with Gasteiger partial charge in [0.1, 0.15) is 5.82 Å². The summed E-state index contributed by atoms with van der Waals surface area (Å²) in [5.41, 5.74) is 1.17. The van der Waals surface area contributed by atoms with Gasteiger partial charge in [0.15, 0.2) is 0 Å². The van der Waals surface area contributed by atoms with Gasteiger partial charge >= 0.3 is 0 Å². The molecule has 112 valence electrons. The van der Waals surface area contributed by atoms with Gasteiger partial charge in [0.25, 0.3) is 0 Å². The minimum Gasteiger partial charge on any atom is -0.314 e. The smallest absolute Gasteiger partial charge is 0.123 e. The lowest BCUT2D eigenvalue weighted by molar-refractivity contribution is 0.340. The Hall–Kier alpha value is -0.930. The molecule has 3 unspecified atom stereocenters. The molecule has 1 aromatic rings. The maximum atomic E-state index is 13.1. The largest absolute Gasteiger partial charge is 0.314 e. The van der Waals surface area contributed by atoms with Crippen LogP contribution in [0.4, 0.5) is 4.39 Å². The van der Waals surface area contributed by atoms with E-state index in [0.29, 0.717) is 18.0 Å². The Labute approximate surface area is 122 Å². The molecule has 1 aliphatic heterocycles. The van der Waals surface area contributed by atoms with E-state index in [4.69, 9.17) is 0 Å². The minimum atomic E-state index is -0.167. The highest BCUT2D eigenvalue weighted by atomic mass is 19.1. The predicted molar refractivity (Wildman–Crippen MR) is 82.2 cm³/mol. The van der Waals surface area contributed by atoms with Gasteiger partial charge in [-0.15, -0.1) is 0 Å². The SMILES string of the molecule is CC(CC1CCCN1)NC(c1ccc(F)cc1)C(C)C. The third-order valence-electron chi connectivity index (χ3n) is 4.16. The van der Waals surface area contributed by atoms with Crippen molar-refractivity contribution in [3.8, 4) is 0 Å². The third-order valence-corrected chi connectivity index (χ3v) is 4.16. The summed E-state index contributed by atoms with van der Waals surface area (Å²) in [5, 5.41) is 7.26. The van der Waals surface area contributed by atoms with E-state index in [1.54, 1.807) is 12.1 Å². The maximum Gasteiger partial charge on any atom is 0.123 e. The van der Waals surface area contributed by atoms with Crippen LogP contribution in [0.25, 0.3) is 0 Å². The molecule has 1 aliphatic rings. The first-order valence-corrected chi connectivity index (χ1v) is 7.81. The van der Waals surface area contributed by atoms with E-state index >= 15 is 0 Å². The van der Waals surface area contributed by atoms with Crippen LogP contribution in [-0.4, -0.2) is 18.6 Å². The van der Waals surface area contributed by atoms with E-state index in [2.05, 4.69) is 31.4 Å². The topological polar surface area (TPSA) is 24.1 Å². The van der Waals surface area contributed by atoms with Gasteiger partial charge in [0.05, 0.1) is 0 Å². The van der Waals surface area contributed by atoms with E-state index in [0.717, 1.165) is 13.0 Å². The highest BCUT2D eigenvalue weighted by Gasteiger charge is 2.21. The highest BCUT2D eigenvalue weighted by molar-refractivity contribution is 5.20. The molecule has 2 N–H and O–H groups in total. The first-order chi connectivity index (χ1) is 9.56. The fourth-order valence-electron chi connectivity index (χ4n) is 3.10. The summed E-state index contributed by atoms with van der Waals surface area (Å²) in [4.78, 5) is 0. The average Bonchev–Trinajstić information content (AvgIpc) is 2.90. The van der Waals surface area contributed by atoms with Crippen molar-refractivity contribution in [1.82, 2.24) is 10.6 Å². The Kier molecular flexibility index (Phi) is 5.55. The highest BCUT2D eigenvalue weighted by Crippen LogP contribution is 2.23. The normalized spacial score (nSPS) is 22.1. The van der Waals surface area contributed by atoms with Crippen LogP contribution in [0.2, 0.25) is 0 Å². The summed E-state index contributed by atoms with van der Waals surface area (Å²) in [7, 11) is 0. The summed E-state index contributed by atoms with van der Waals surface area (Å²) in [6.45, 7) is 7.82. The zero-order valence-corrected chi connectivity index (χ0v) is 12.8. The van der Waals surface area contributed by atoms with Crippen LogP contribution >= 0.6 is 0 Å². The van der Waals surface area contributed by atoms with Gasteiger partial charge in [0.2, 0.25) is 0 Å². The second kappa shape index (κ2) is 7.19. The molecule has 1 fully saturated rings. The first kappa shape index (κ1) is 15.5. The second-order valence-electron chi connectivity index (χ2n) is 6.37. The molecule has 0 aliphatic carbocycles. The number of halogens is 1. The van der Waals surface area contributed by atoms with Crippen LogP contribution in [0.5, 0.6) is 0 Å². The molecule has 0 saturated carbocycles. The quantitative estimate of drug-likeness (QED) is 0.830. The summed E-state index contributed by atoms with van der Waals surface area (Å²) in [6.07, 6.45) is 3.74. The van der Waals surface area contributed by atoms with Crippen molar-refractivity contribution in [3.05, 3.63) is 35.6 Å². The van der Waals surface area contributed by atoms with Crippen molar-refractivity contribution in [2.75, 3.05) is 6.54 Å². The lowest BCUT2D eigenvalue weighted by Crippen LogP contribution is -2.37. The van der Waals surface area contributed by atoms with Crippen LogP contribution in [0.15, 0.2) is 24.3 Å². The van der Waals surface area contributed by atoms with E-state index in [1.165, 1.54) is 18.4 Å². The van der Waals surface area contributed by atoms with Crippen molar-refractivity contribution < 1.29 is 4.39 Å². The monoisotopic (exact) mass is 278 g/mol. The molecule has 1 aromatic carbocycles. The van der Waals surface area contributed by atoms with E-state index < -0.39 is 0 Å². The van der Waals surface area contributed by atoms with Gasteiger partial charge in [-0.05, 0) is 56.3 Å². The Bertz CT molecular complexity index is 396. The lowest BCUT2D eigenvalue weighted by atomic mass is 9.94. The number of benzene rings is 1. The lowest BCUT2D eigenvalue weighted by Gasteiger charge is -2.28. The first-order valence-electron chi connectivity index (χ1n) is 7.81. The zero-order valence-electron chi connectivity index (χ0n) is 12.8. The third kappa shape index (κ3) is 4.29. The van der Waals surface area contributed by atoms with Crippen LogP contribution < -0.4 is 10.6 Å². The fourth-order valence-corrected chi connectivity index (χ4v) is 3.10. The zero-order chi connectivity index (χ0) is 14.5.